The SMILES string of the molecule is CCCCCCC[C@H](C)N1C(=O)c2ccc3c4ccc5c6c(ccc(c7ccc(c2c37)C1=O)c64)C(=O)N([C@@H](C)CCCCCCC)C5=O. The summed E-state index contributed by atoms with van der Waals surface area (Å²) in [6, 6.07) is 15.0. The Labute approximate surface area is 282 Å². The number of carbonyl (C=O) groups excluding carboxylic acids is 4. The van der Waals surface area contributed by atoms with Crippen molar-refractivity contribution in [2.45, 2.75) is 117 Å². The Morgan fingerprint density at radius 1 is 0.417 bits per heavy atom. The third-order valence-electron chi connectivity index (χ3n) is 11.0. The summed E-state index contributed by atoms with van der Waals surface area (Å²) >= 11 is 0. The first-order valence-electron chi connectivity index (χ1n) is 18.3. The maximum absolute atomic E-state index is 14.0. The van der Waals surface area contributed by atoms with E-state index in [9.17, 15) is 19.2 Å². The normalized spacial score (nSPS) is 16.0. The average Bonchev–Trinajstić information content (AvgIpc) is 3.08. The van der Waals surface area contributed by atoms with Crippen LogP contribution in [0, 0.1) is 0 Å². The largest absolute Gasteiger partial charge is 0.272 e. The van der Waals surface area contributed by atoms with Gasteiger partial charge in [-0.25, -0.2) is 0 Å². The summed E-state index contributed by atoms with van der Waals surface area (Å²) in [5.74, 6) is -0.929. The van der Waals surface area contributed by atoms with E-state index in [2.05, 4.69) is 13.8 Å². The van der Waals surface area contributed by atoms with E-state index in [1.54, 1.807) is 0 Å². The fourth-order valence-electron chi connectivity index (χ4n) is 8.45. The molecule has 248 valence electrons. The Bertz CT molecular complexity index is 1830. The highest BCUT2D eigenvalue weighted by molar-refractivity contribution is 6.41. The van der Waals surface area contributed by atoms with E-state index in [1.165, 1.54) is 48.3 Å². The molecule has 0 aliphatic carbocycles. The lowest BCUT2D eigenvalue weighted by Crippen LogP contribution is -2.46. The van der Waals surface area contributed by atoms with Crippen LogP contribution in [0.4, 0.5) is 0 Å². The summed E-state index contributed by atoms with van der Waals surface area (Å²) < 4.78 is 0. The van der Waals surface area contributed by atoms with Crippen molar-refractivity contribution in [3.8, 4) is 0 Å². The molecule has 2 aliphatic rings. The number of unbranched alkanes of at least 4 members (excludes halogenated alkanes) is 8. The molecule has 2 aliphatic heterocycles. The van der Waals surface area contributed by atoms with Crippen molar-refractivity contribution in [3.63, 3.8) is 0 Å². The third kappa shape index (κ3) is 4.98. The zero-order chi connectivity index (χ0) is 33.7. The van der Waals surface area contributed by atoms with Gasteiger partial charge in [-0.05, 0) is 83.3 Å². The van der Waals surface area contributed by atoms with Crippen molar-refractivity contribution in [3.05, 3.63) is 70.8 Å². The van der Waals surface area contributed by atoms with Crippen LogP contribution in [0.3, 0.4) is 0 Å². The molecule has 2 atom stereocenters. The second-order valence-electron chi connectivity index (χ2n) is 14.2. The van der Waals surface area contributed by atoms with E-state index in [0.29, 0.717) is 33.0 Å². The Morgan fingerprint density at radius 3 is 1.00 bits per heavy atom. The van der Waals surface area contributed by atoms with Gasteiger partial charge in [-0.3, -0.25) is 29.0 Å². The number of carbonyl (C=O) groups is 4. The first kappa shape index (κ1) is 32.2. The van der Waals surface area contributed by atoms with Gasteiger partial charge in [0.15, 0.2) is 0 Å². The van der Waals surface area contributed by atoms with Gasteiger partial charge in [-0.2, -0.15) is 0 Å². The topological polar surface area (TPSA) is 74.8 Å². The summed E-state index contributed by atoms with van der Waals surface area (Å²) in [6.45, 7) is 8.36. The standard InChI is InChI=1S/C42H46N2O4/c1-5-7-9-11-13-15-25(3)43-39(45)31-21-17-27-29-19-23-33-38-34(42(48)44(41(33)47)26(4)16-14-12-10-8-6-2)24-20-30(36(29)38)28-18-22-32(40(43)46)37(31)35(27)28/h17-26H,5-16H2,1-4H3/t25-,26-/m0/s1. The lowest BCUT2D eigenvalue weighted by Gasteiger charge is -2.34. The van der Waals surface area contributed by atoms with Crippen molar-refractivity contribution >= 4 is 66.7 Å². The van der Waals surface area contributed by atoms with Gasteiger partial charge in [0.1, 0.15) is 0 Å². The molecule has 5 aromatic rings. The predicted octanol–water partition coefficient (Wildman–Crippen LogP) is 10.4. The van der Waals surface area contributed by atoms with E-state index in [1.807, 2.05) is 62.4 Å². The molecule has 0 fully saturated rings. The number of amides is 4. The van der Waals surface area contributed by atoms with Crippen LogP contribution in [0.1, 0.15) is 146 Å². The maximum atomic E-state index is 14.0. The van der Waals surface area contributed by atoms with Gasteiger partial charge in [-0.15, -0.1) is 0 Å². The number of rotatable bonds is 14. The van der Waals surface area contributed by atoms with E-state index in [4.69, 9.17) is 0 Å². The van der Waals surface area contributed by atoms with Crippen LogP contribution in [0.25, 0.3) is 43.1 Å². The summed E-state index contributed by atoms with van der Waals surface area (Å²) in [5.41, 5.74) is 2.23. The van der Waals surface area contributed by atoms with Crippen molar-refractivity contribution in [1.29, 1.82) is 0 Å². The minimum Gasteiger partial charge on any atom is -0.272 e. The minimum absolute atomic E-state index is 0.183. The Hall–Kier alpha value is -4.32. The van der Waals surface area contributed by atoms with Gasteiger partial charge in [0.2, 0.25) is 0 Å². The summed E-state index contributed by atoms with van der Waals surface area (Å²) in [7, 11) is 0. The Kier molecular flexibility index (Phi) is 8.69. The zero-order valence-corrected chi connectivity index (χ0v) is 28.8. The molecule has 2 heterocycles. The van der Waals surface area contributed by atoms with E-state index in [0.717, 1.165) is 70.8 Å². The molecular formula is C42H46N2O4. The Balaban J connectivity index is 1.29. The minimum atomic E-state index is -0.232. The molecule has 0 radical (unpaired) electrons. The monoisotopic (exact) mass is 642 g/mol. The molecule has 0 unspecified atom stereocenters. The van der Waals surface area contributed by atoms with Crippen LogP contribution in [0.5, 0.6) is 0 Å². The van der Waals surface area contributed by atoms with Gasteiger partial charge in [0, 0.05) is 45.1 Å². The van der Waals surface area contributed by atoms with Gasteiger partial charge >= 0.3 is 0 Å². The van der Waals surface area contributed by atoms with Crippen LogP contribution in [0.15, 0.2) is 48.5 Å². The number of benzene rings is 5. The summed E-state index contributed by atoms with van der Waals surface area (Å²) in [4.78, 5) is 58.9. The third-order valence-corrected chi connectivity index (χ3v) is 11.0. The Morgan fingerprint density at radius 2 is 0.708 bits per heavy atom. The number of hydrogen-bond acceptors (Lipinski definition) is 4. The lowest BCUT2D eigenvalue weighted by atomic mass is 9.82. The van der Waals surface area contributed by atoms with Crippen LogP contribution < -0.4 is 0 Å². The molecule has 6 nitrogen and oxygen atoms in total. The fourth-order valence-corrected chi connectivity index (χ4v) is 8.45. The van der Waals surface area contributed by atoms with Gasteiger partial charge in [-0.1, -0.05) is 102 Å². The second-order valence-corrected chi connectivity index (χ2v) is 14.2. The fraction of sp³-hybridized carbons (Fsp3) is 0.429. The number of imide groups is 2. The van der Waals surface area contributed by atoms with Crippen LogP contribution in [-0.2, 0) is 0 Å². The smallest absolute Gasteiger partial charge is 0.261 e. The van der Waals surface area contributed by atoms with Crippen LogP contribution >= 0.6 is 0 Å². The number of fused-ring (bicyclic) bond motifs is 2. The van der Waals surface area contributed by atoms with Gasteiger partial charge < -0.3 is 0 Å². The predicted molar refractivity (Wildman–Crippen MR) is 194 cm³/mol. The molecule has 7 rings (SSSR count). The molecule has 0 aromatic heterocycles. The van der Waals surface area contributed by atoms with Crippen molar-refractivity contribution in [1.82, 2.24) is 9.80 Å². The highest BCUT2D eigenvalue weighted by atomic mass is 16.2. The molecule has 0 N–H and O–H groups in total. The molecule has 0 saturated carbocycles. The van der Waals surface area contributed by atoms with E-state index in [-0.39, 0.29) is 35.7 Å². The summed E-state index contributed by atoms with van der Waals surface area (Å²) in [5, 5.41) is 6.87. The lowest BCUT2D eigenvalue weighted by molar-refractivity contribution is 0.0526. The highest BCUT2D eigenvalue weighted by Crippen LogP contribution is 2.46. The van der Waals surface area contributed by atoms with Crippen molar-refractivity contribution in [2.75, 3.05) is 0 Å². The summed E-state index contributed by atoms with van der Waals surface area (Å²) in [6.07, 6.45) is 12.9. The van der Waals surface area contributed by atoms with E-state index >= 15 is 0 Å². The zero-order valence-electron chi connectivity index (χ0n) is 28.8. The molecule has 0 bridgehead atoms. The van der Waals surface area contributed by atoms with Crippen LogP contribution in [0.2, 0.25) is 0 Å². The van der Waals surface area contributed by atoms with E-state index < -0.39 is 0 Å². The molecular weight excluding hydrogens is 596 g/mol. The number of nitrogens with zero attached hydrogens (tertiary/aromatic N) is 2. The molecule has 48 heavy (non-hydrogen) atoms. The maximum Gasteiger partial charge on any atom is 0.261 e. The van der Waals surface area contributed by atoms with Crippen molar-refractivity contribution < 1.29 is 19.2 Å². The highest BCUT2D eigenvalue weighted by Gasteiger charge is 2.39. The first-order valence-corrected chi connectivity index (χ1v) is 18.3. The second kappa shape index (κ2) is 12.9. The molecule has 6 heteroatoms. The number of hydrogen-bond donors (Lipinski definition) is 0. The van der Waals surface area contributed by atoms with Crippen LogP contribution in [-0.4, -0.2) is 45.5 Å². The molecule has 5 aromatic carbocycles. The average molecular weight is 643 g/mol. The van der Waals surface area contributed by atoms with Gasteiger partial charge in [0.05, 0.1) is 0 Å². The molecule has 4 amide bonds. The van der Waals surface area contributed by atoms with Gasteiger partial charge in [0.25, 0.3) is 23.6 Å². The first-order chi connectivity index (χ1) is 23.3. The van der Waals surface area contributed by atoms with Crippen molar-refractivity contribution in [2.24, 2.45) is 0 Å². The quantitative estimate of drug-likeness (QED) is 0.0523. The molecule has 0 spiro atoms. The molecule has 0 saturated heterocycles.